The molecule has 0 unspecified atom stereocenters. The molecule has 0 aromatic heterocycles. The van der Waals surface area contributed by atoms with Gasteiger partial charge in [-0.25, -0.2) is 8.42 Å². The van der Waals surface area contributed by atoms with Gasteiger partial charge in [0.25, 0.3) is 10.0 Å². The average Bonchev–Trinajstić information content (AvgIpc) is 2.91. The molecule has 0 fully saturated rings. The van der Waals surface area contributed by atoms with Crippen LogP contribution in [0.25, 0.3) is 0 Å². The van der Waals surface area contributed by atoms with Crippen molar-refractivity contribution in [2.45, 2.75) is 64.6 Å². The molecular formula is C30H35Cl2N3O4S. The molecule has 3 rings (SSSR count). The minimum Gasteiger partial charge on any atom is -0.352 e. The van der Waals surface area contributed by atoms with Gasteiger partial charge in [-0.05, 0) is 81.6 Å². The van der Waals surface area contributed by atoms with Crippen molar-refractivity contribution in [3.8, 4) is 0 Å². The van der Waals surface area contributed by atoms with Crippen molar-refractivity contribution in [3.63, 3.8) is 0 Å². The van der Waals surface area contributed by atoms with E-state index in [4.69, 9.17) is 23.2 Å². The van der Waals surface area contributed by atoms with Crippen LogP contribution in [0.1, 0.15) is 43.9 Å². The number of aryl methyl sites for hydroxylation is 2. The van der Waals surface area contributed by atoms with Crippen LogP contribution in [-0.4, -0.2) is 43.8 Å². The average molecular weight is 605 g/mol. The Morgan fingerprint density at radius 3 is 2.17 bits per heavy atom. The normalized spacial score (nSPS) is 12.9. The Bertz CT molecular complexity index is 1460. The maximum absolute atomic E-state index is 14.0. The van der Waals surface area contributed by atoms with E-state index in [-0.39, 0.29) is 23.4 Å². The molecule has 0 saturated carbocycles. The monoisotopic (exact) mass is 603 g/mol. The molecule has 214 valence electrons. The quantitative estimate of drug-likeness (QED) is 0.285. The van der Waals surface area contributed by atoms with Crippen molar-refractivity contribution < 1.29 is 18.0 Å². The highest BCUT2D eigenvalue weighted by Crippen LogP contribution is 2.27. The lowest BCUT2D eigenvalue weighted by Crippen LogP contribution is -2.52. The Morgan fingerprint density at radius 1 is 0.900 bits per heavy atom. The molecule has 0 aliphatic carbocycles. The molecule has 0 spiro atoms. The second kappa shape index (κ2) is 13.5. The number of carbonyl (C=O) groups excluding carboxylic acids is 2. The molecule has 0 aliphatic heterocycles. The number of sulfonamides is 1. The number of nitrogens with zero attached hydrogens (tertiary/aromatic N) is 2. The highest BCUT2D eigenvalue weighted by molar-refractivity contribution is 7.92. The third-order valence-electron chi connectivity index (χ3n) is 6.68. The highest BCUT2D eigenvalue weighted by Gasteiger charge is 2.33. The minimum atomic E-state index is -4.12. The van der Waals surface area contributed by atoms with E-state index < -0.39 is 28.5 Å². The molecule has 1 N–H and O–H groups in total. The van der Waals surface area contributed by atoms with Crippen LogP contribution in [0.5, 0.6) is 0 Å². The Kier molecular flexibility index (Phi) is 10.6. The molecule has 0 saturated heterocycles. The molecular weight excluding hydrogens is 569 g/mol. The van der Waals surface area contributed by atoms with Crippen LogP contribution in [0.15, 0.2) is 71.6 Å². The molecule has 0 heterocycles. The summed E-state index contributed by atoms with van der Waals surface area (Å²) in [7, 11) is -4.12. The van der Waals surface area contributed by atoms with E-state index in [9.17, 15) is 18.0 Å². The SMILES string of the molecule is CC[C@@H](C)NC(=O)[C@H](C)N(Cc1ccc(Cl)c(Cl)c1)C(=O)CN(c1cccc(C)c1)S(=O)(=O)c1ccc(C)cc1. The first kappa shape index (κ1) is 31.5. The van der Waals surface area contributed by atoms with Gasteiger partial charge in [0.1, 0.15) is 12.6 Å². The first-order valence-corrected chi connectivity index (χ1v) is 15.2. The summed E-state index contributed by atoms with van der Waals surface area (Å²) >= 11 is 12.3. The molecule has 7 nitrogen and oxygen atoms in total. The zero-order chi connectivity index (χ0) is 29.6. The van der Waals surface area contributed by atoms with E-state index >= 15 is 0 Å². The van der Waals surface area contributed by atoms with Crippen LogP contribution in [-0.2, 0) is 26.2 Å². The van der Waals surface area contributed by atoms with Gasteiger partial charge in [0.2, 0.25) is 11.8 Å². The number of anilines is 1. The molecule has 0 radical (unpaired) electrons. The molecule has 10 heteroatoms. The summed E-state index contributed by atoms with van der Waals surface area (Å²) in [5.74, 6) is -0.888. The Balaban J connectivity index is 2.04. The molecule has 2 amide bonds. The summed E-state index contributed by atoms with van der Waals surface area (Å²) in [4.78, 5) is 28.5. The second-order valence-corrected chi connectivity index (χ2v) is 12.6. The third-order valence-corrected chi connectivity index (χ3v) is 9.21. The van der Waals surface area contributed by atoms with Gasteiger partial charge in [0, 0.05) is 12.6 Å². The summed E-state index contributed by atoms with van der Waals surface area (Å²) in [5.41, 5.74) is 2.74. The van der Waals surface area contributed by atoms with E-state index in [2.05, 4.69) is 5.32 Å². The molecule has 3 aromatic rings. The fraction of sp³-hybridized carbons (Fsp3) is 0.333. The van der Waals surface area contributed by atoms with Crippen LogP contribution < -0.4 is 9.62 Å². The van der Waals surface area contributed by atoms with E-state index in [0.717, 1.165) is 21.9 Å². The number of hydrogen-bond acceptors (Lipinski definition) is 4. The van der Waals surface area contributed by atoms with Crippen molar-refractivity contribution in [2.75, 3.05) is 10.8 Å². The van der Waals surface area contributed by atoms with Gasteiger partial charge >= 0.3 is 0 Å². The summed E-state index contributed by atoms with van der Waals surface area (Å²) in [5, 5.41) is 3.59. The van der Waals surface area contributed by atoms with Crippen LogP contribution in [0.4, 0.5) is 5.69 Å². The van der Waals surface area contributed by atoms with Crippen LogP contribution >= 0.6 is 23.2 Å². The van der Waals surface area contributed by atoms with Gasteiger partial charge in [0.15, 0.2) is 0 Å². The summed E-state index contributed by atoms with van der Waals surface area (Å²) in [6.07, 6.45) is 0.717. The predicted octanol–water partition coefficient (Wildman–Crippen LogP) is 6.14. The van der Waals surface area contributed by atoms with Crippen LogP contribution in [0.3, 0.4) is 0 Å². The van der Waals surface area contributed by atoms with Crippen molar-refractivity contribution in [1.82, 2.24) is 10.2 Å². The predicted molar refractivity (Wildman–Crippen MR) is 161 cm³/mol. The van der Waals surface area contributed by atoms with E-state index in [1.54, 1.807) is 55.5 Å². The lowest BCUT2D eigenvalue weighted by Gasteiger charge is -2.32. The third kappa shape index (κ3) is 7.77. The summed E-state index contributed by atoms with van der Waals surface area (Å²) < 4.78 is 28.9. The molecule has 3 aromatic carbocycles. The first-order valence-electron chi connectivity index (χ1n) is 13.0. The summed E-state index contributed by atoms with van der Waals surface area (Å²) in [6.45, 7) is 8.68. The first-order chi connectivity index (χ1) is 18.8. The van der Waals surface area contributed by atoms with Gasteiger partial charge in [-0.2, -0.15) is 0 Å². The van der Waals surface area contributed by atoms with Gasteiger partial charge in [-0.15, -0.1) is 0 Å². The van der Waals surface area contributed by atoms with Crippen molar-refractivity contribution in [3.05, 3.63) is 93.5 Å². The lowest BCUT2D eigenvalue weighted by molar-refractivity contribution is -0.139. The van der Waals surface area contributed by atoms with Gasteiger partial charge in [-0.3, -0.25) is 13.9 Å². The van der Waals surface area contributed by atoms with Gasteiger partial charge in [-0.1, -0.05) is 66.0 Å². The Labute approximate surface area is 247 Å². The van der Waals surface area contributed by atoms with Gasteiger partial charge in [0.05, 0.1) is 20.6 Å². The lowest BCUT2D eigenvalue weighted by atomic mass is 10.1. The van der Waals surface area contributed by atoms with Crippen molar-refractivity contribution in [1.29, 1.82) is 0 Å². The summed E-state index contributed by atoms with van der Waals surface area (Å²) in [6, 6.07) is 17.4. The Hall–Kier alpha value is -3.07. The number of halogens is 2. The fourth-order valence-corrected chi connectivity index (χ4v) is 5.76. The smallest absolute Gasteiger partial charge is 0.264 e. The maximum Gasteiger partial charge on any atom is 0.264 e. The number of hydrogen-bond donors (Lipinski definition) is 1. The number of carbonyl (C=O) groups is 2. The molecule has 2 atom stereocenters. The van der Waals surface area contributed by atoms with Crippen LogP contribution in [0, 0.1) is 13.8 Å². The van der Waals surface area contributed by atoms with E-state index in [1.165, 1.54) is 17.0 Å². The van der Waals surface area contributed by atoms with Crippen molar-refractivity contribution in [2.24, 2.45) is 0 Å². The largest absolute Gasteiger partial charge is 0.352 e. The number of benzene rings is 3. The maximum atomic E-state index is 14.0. The van der Waals surface area contributed by atoms with Gasteiger partial charge < -0.3 is 10.2 Å². The molecule has 40 heavy (non-hydrogen) atoms. The van der Waals surface area contributed by atoms with E-state index in [1.807, 2.05) is 33.8 Å². The topological polar surface area (TPSA) is 86.8 Å². The van der Waals surface area contributed by atoms with Crippen LogP contribution in [0.2, 0.25) is 10.0 Å². The fourth-order valence-electron chi connectivity index (χ4n) is 4.03. The number of rotatable bonds is 11. The Morgan fingerprint density at radius 2 is 1.57 bits per heavy atom. The highest BCUT2D eigenvalue weighted by atomic mass is 35.5. The number of nitrogens with one attached hydrogen (secondary N) is 1. The van der Waals surface area contributed by atoms with Crippen molar-refractivity contribution >= 4 is 50.7 Å². The second-order valence-electron chi connectivity index (χ2n) is 9.93. The minimum absolute atomic E-state index is 0.0249. The van der Waals surface area contributed by atoms with E-state index in [0.29, 0.717) is 21.3 Å². The molecule has 0 aliphatic rings. The zero-order valence-electron chi connectivity index (χ0n) is 23.3. The number of amides is 2. The standard InChI is InChI=1S/C30H35Cl2N3O4S/c1-6-22(4)33-30(37)23(5)34(18-24-12-15-27(31)28(32)17-24)29(36)19-35(25-9-7-8-21(3)16-25)40(38,39)26-13-10-20(2)11-14-26/h7-17,22-23H,6,18-19H2,1-5H3,(H,33,37)/t22-,23+/m1/s1. The molecule has 0 bridgehead atoms. The zero-order valence-corrected chi connectivity index (χ0v) is 25.6.